The summed E-state index contributed by atoms with van der Waals surface area (Å²) in [6, 6.07) is 1.71. The van der Waals surface area contributed by atoms with Gasteiger partial charge in [0.05, 0.1) is 11.5 Å². The van der Waals surface area contributed by atoms with Crippen LogP contribution in [0.1, 0.15) is 37.5 Å². The molecule has 0 aromatic carbocycles. The third-order valence-corrected chi connectivity index (χ3v) is 6.44. The molecule has 102 valence electrons. The Hall–Kier alpha value is -0.430. The highest BCUT2D eigenvalue weighted by molar-refractivity contribution is 7.89. The maximum Gasteiger partial charge on any atom is 0.244 e. The zero-order chi connectivity index (χ0) is 13.2. The van der Waals surface area contributed by atoms with Gasteiger partial charge in [0.25, 0.3) is 0 Å². The van der Waals surface area contributed by atoms with Gasteiger partial charge in [-0.1, -0.05) is 13.3 Å². The molecule has 2 rings (SSSR count). The van der Waals surface area contributed by atoms with Crippen LogP contribution in [0.4, 0.5) is 0 Å². The molecule has 1 aromatic rings. The number of aliphatic hydroxyl groups excluding tert-OH is 1. The first-order chi connectivity index (χ1) is 8.59. The zero-order valence-corrected chi connectivity index (χ0v) is 12.1. The van der Waals surface area contributed by atoms with Crippen molar-refractivity contribution in [3.63, 3.8) is 0 Å². The molecule has 0 amide bonds. The number of thiophene rings is 1. The van der Waals surface area contributed by atoms with Gasteiger partial charge in [-0.25, -0.2) is 8.42 Å². The smallest absolute Gasteiger partial charge is 0.244 e. The SMILES string of the molecule is CCC1CCCCN1S(=O)(=O)c1csc(CO)c1. The maximum absolute atomic E-state index is 12.5. The first-order valence-electron chi connectivity index (χ1n) is 6.29. The fourth-order valence-corrected chi connectivity index (χ4v) is 5.30. The summed E-state index contributed by atoms with van der Waals surface area (Å²) < 4.78 is 26.7. The fourth-order valence-electron chi connectivity index (χ4n) is 2.41. The van der Waals surface area contributed by atoms with E-state index in [1.54, 1.807) is 15.8 Å². The summed E-state index contributed by atoms with van der Waals surface area (Å²) in [5.74, 6) is 0. The number of nitrogens with zero attached hydrogens (tertiary/aromatic N) is 1. The van der Waals surface area contributed by atoms with Crippen molar-refractivity contribution in [3.05, 3.63) is 16.3 Å². The Morgan fingerprint density at radius 2 is 2.28 bits per heavy atom. The highest BCUT2D eigenvalue weighted by atomic mass is 32.2. The monoisotopic (exact) mass is 289 g/mol. The van der Waals surface area contributed by atoms with Crippen LogP contribution in [0, 0.1) is 0 Å². The maximum atomic E-state index is 12.5. The van der Waals surface area contributed by atoms with Crippen molar-refractivity contribution in [1.29, 1.82) is 0 Å². The summed E-state index contributed by atoms with van der Waals surface area (Å²) in [5.41, 5.74) is 0. The Balaban J connectivity index is 2.28. The van der Waals surface area contributed by atoms with Crippen molar-refractivity contribution in [3.8, 4) is 0 Å². The van der Waals surface area contributed by atoms with Gasteiger partial charge in [-0.2, -0.15) is 4.31 Å². The number of piperidine rings is 1. The van der Waals surface area contributed by atoms with E-state index in [0.717, 1.165) is 25.7 Å². The van der Waals surface area contributed by atoms with Gasteiger partial charge in [0, 0.05) is 22.8 Å². The molecule has 1 aliphatic rings. The molecule has 1 N–H and O–H groups in total. The second-order valence-electron chi connectivity index (χ2n) is 4.58. The van der Waals surface area contributed by atoms with Crippen LogP contribution in [0.25, 0.3) is 0 Å². The molecule has 4 nitrogen and oxygen atoms in total. The van der Waals surface area contributed by atoms with Crippen LogP contribution >= 0.6 is 11.3 Å². The van der Waals surface area contributed by atoms with Gasteiger partial charge >= 0.3 is 0 Å². The van der Waals surface area contributed by atoms with Crippen molar-refractivity contribution in [1.82, 2.24) is 4.31 Å². The summed E-state index contributed by atoms with van der Waals surface area (Å²) in [7, 11) is -3.38. The average molecular weight is 289 g/mol. The molecule has 6 heteroatoms. The van der Waals surface area contributed by atoms with E-state index >= 15 is 0 Å². The fraction of sp³-hybridized carbons (Fsp3) is 0.667. The van der Waals surface area contributed by atoms with Crippen LogP contribution in [0.15, 0.2) is 16.3 Å². The van der Waals surface area contributed by atoms with Gasteiger partial charge in [-0.15, -0.1) is 11.3 Å². The number of hydrogen-bond acceptors (Lipinski definition) is 4. The molecular weight excluding hydrogens is 270 g/mol. The van der Waals surface area contributed by atoms with Crippen LogP contribution < -0.4 is 0 Å². The van der Waals surface area contributed by atoms with E-state index in [-0.39, 0.29) is 12.6 Å². The van der Waals surface area contributed by atoms with E-state index < -0.39 is 10.0 Å². The van der Waals surface area contributed by atoms with E-state index in [2.05, 4.69) is 0 Å². The summed E-state index contributed by atoms with van der Waals surface area (Å²) in [6.07, 6.45) is 3.85. The van der Waals surface area contributed by atoms with Crippen LogP contribution in [0.3, 0.4) is 0 Å². The Kier molecular flexibility index (Phi) is 4.42. The minimum absolute atomic E-state index is 0.0998. The van der Waals surface area contributed by atoms with E-state index in [1.165, 1.54) is 11.3 Å². The second-order valence-corrected chi connectivity index (χ2v) is 7.47. The summed E-state index contributed by atoms with van der Waals surface area (Å²) in [5, 5.41) is 10.7. The summed E-state index contributed by atoms with van der Waals surface area (Å²) in [4.78, 5) is 1.02. The molecule has 0 spiro atoms. The van der Waals surface area contributed by atoms with Crippen molar-refractivity contribution >= 4 is 21.4 Å². The lowest BCUT2D eigenvalue weighted by Crippen LogP contribution is -2.43. The van der Waals surface area contributed by atoms with E-state index in [1.807, 2.05) is 6.92 Å². The molecule has 1 unspecified atom stereocenters. The molecule has 0 aliphatic carbocycles. The molecule has 0 saturated carbocycles. The van der Waals surface area contributed by atoms with Crippen molar-refractivity contribution < 1.29 is 13.5 Å². The zero-order valence-electron chi connectivity index (χ0n) is 10.5. The molecule has 18 heavy (non-hydrogen) atoms. The molecule has 2 heterocycles. The molecular formula is C12H19NO3S2. The minimum atomic E-state index is -3.38. The Morgan fingerprint density at radius 1 is 1.50 bits per heavy atom. The number of rotatable bonds is 4. The lowest BCUT2D eigenvalue weighted by atomic mass is 10.0. The Labute approximate surface area is 112 Å². The standard InChI is InChI=1S/C12H19NO3S2/c1-2-10-5-3-4-6-13(10)18(15,16)12-7-11(8-14)17-9-12/h7,9-10,14H,2-6,8H2,1H3. The topological polar surface area (TPSA) is 57.6 Å². The molecule has 1 aromatic heterocycles. The predicted molar refractivity (Wildman–Crippen MR) is 72.1 cm³/mol. The molecule has 0 bridgehead atoms. The third-order valence-electron chi connectivity index (χ3n) is 3.44. The molecule has 1 fully saturated rings. The average Bonchev–Trinajstić information content (AvgIpc) is 2.88. The molecule has 0 radical (unpaired) electrons. The molecule has 1 atom stereocenters. The van der Waals surface area contributed by atoms with Crippen LogP contribution in [0.5, 0.6) is 0 Å². The van der Waals surface area contributed by atoms with Gasteiger partial charge < -0.3 is 5.11 Å². The van der Waals surface area contributed by atoms with E-state index in [0.29, 0.717) is 16.3 Å². The van der Waals surface area contributed by atoms with E-state index in [9.17, 15) is 8.42 Å². The third kappa shape index (κ3) is 2.61. The first-order valence-corrected chi connectivity index (χ1v) is 8.61. The quantitative estimate of drug-likeness (QED) is 0.924. The summed E-state index contributed by atoms with van der Waals surface area (Å²) in [6.45, 7) is 2.55. The summed E-state index contributed by atoms with van der Waals surface area (Å²) >= 11 is 1.29. The van der Waals surface area contributed by atoms with Gasteiger partial charge in [0.2, 0.25) is 10.0 Å². The predicted octanol–water partition coefficient (Wildman–Crippen LogP) is 2.19. The van der Waals surface area contributed by atoms with Gasteiger partial charge in [0.15, 0.2) is 0 Å². The van der Waals surface area contributed by atoms with Crippen LogP contribution in [0.2, 0.25) is 0 Å². The molecule has 1 aliphatic heterocycles. The Morgan fingerprint density at radius 3 is 2.89 bits per heavy atom. The second kappa shape index (κ2) is 5.69. The Bertz CT molecular complexity index is 495. The molecule has 1 saturated heterocycles. The van der Waals surface area contributed by atoms with Crippen LogP contribution in [-0.4, -0.2) is 30.4 Å². The first kappa shape index (κ1) is 14.0. The van der Waals surface area contributed by atoms with Crippen molar-refractivity contribution in [2.24, 2.45) is 0 Å². The van der Waals surface area contributed by atoms with Crippen LogP contribution in [-0.2, 0) is 16.6 Å². The lowest BCUT2D eigenvalue weighted by molar-refractivity contribution is 0.246. The number of sulfonamides is 1. The largest absolute Gasteiger partial charge is 0.391 e. The van der Waals surface area contributed by atoms with Gasteiger partial charge in [0.1, 0.15) is 0 Å². The minimum Gasteiger partial charge on any atom is -0.391 e. The lowest BCUT2D eigenvalue weighted by Gasteiger charge is -2.33. The van der Waals surface area contributed by atoms with Crippen molar-refractivity contribution in [2.45, 2.75) is 50.2 Å². The van der Waals surface area contributed by atoms with Crippen molar-refractivity contribution in [2.75, 3.05) is 6.54 Å². The normalized spacial score (nSPS) is 22.2. The highest BCUT2D eigenvalue weighted by Gasteiger charge is 2.32. The number of aliphatic hydroxyl groups is 1. The van der Waals surface area contributed by atoms with Gasteiger partial charge in [-0.05, 0) is 25.3 Å². The highest BCUT2D eigenvalue weighted by Crippen LogP contribution is 2.29. The number of hydrogen-bond donors (Lipinski definition) is 1. The van der Waals surface area contributed by atoms with Gasteiger partial charge in [-0.3, -0.25) is 0 Å². The van der Waals surface area contributed by atoms with E-state index in [4.69, 9.17) is 5.11 Å².